The summed E-state index contributed by atoms with van der Waals surface area (Å²) in [6.45, 7) is 1.73. The molecule has 2 N–H and O–H groups in total. The molecule has 2 aromatic carbocycles. The number of amides is 1. The van der Waals surface area contributed by atoms with Gasteiger partial charge in [0.1, 0.15) is 5.82 Å². The zero-order chi connectivity index (χ0) is 16.6. The van der Waals surface area contributed by atoms with Crippen molar-refractivity contribution in [1.29, 1.82) is 0 Å². The van der Waals surface area contributed by atoms with E-state index in [2.05, 4.69) is 15.3 Å². The van der Waals surface area contributed by atoms with Gasteiger partial charge in [0.25, 0.3) is 5.91 Å². The Hall–Kier alpha value is -2.47. The molecule has 0 saturated heterocycles. The maximum atomic E-state index is 13.3. The van der Waals surface area contributed by atoms with Gasteiger partial charge in [-0.05, 0) is 31.2 Å². The van der Waals surface area contributed by atoms with Crippen LogP contribution in [0.3, 0.4) is 0 Å². The van der Waals surface area contributed by atoms with Crippen molar-refractivity contribution in [2.75, 3.05) is 0 Å². The first-order valence-electron chi connectivity index (χ1n) is 6.86. The highest BCUT2D eigenvalue weighted by Gasteiger charge is 2.19. The standard InChI is InChI=1S/C16H12ClF2N3O/c1-8(15-21-13-4-2-3-5-14(13)22-15)20-16(23)9-6-11(18)12(19)7-10(9)17/h2-8H,1H3,(H,20,23)(H,21,22)/t8-/m1/s1. The molecule has 4 nitrogen and oxygen atoms in total. The van der Waals surface area contributed by atoms with Crippen LogP contribution in [0.15, 0.2) is 36.4 Å². The topological polar surface area (TPSA) is 57.8 Å². The van der Waals surface area contributed by atoms with Crippen molar-refractivity contribution >= 4 is 28.5 Å². The summed E-state index contributed by atoms with van der Waals surface area (Å²) in [5, 5.41) is 2.50. The molecule has 23 heavy (non-hydrogen) atoms. The van der Waals surface area contributed by atoms with Crippen molar-refractivity contribution in [2.45, 2.75) is 13.0 Å². The number of nitrogens with one attached hydrogen (secondary N) is 2. The Balaban J connectivity index is 1.83. The van der Waals surface area contributed by atoms with E-state index in [-0.39, 0.29) is 10.6 Å². The smallest absolute Gasteiger partial charge is 0.253 e. The number of hydrogen-bond acceptors (Lipinski definition) is 2. The first-order valence-corrected chi connectivity index (χ1v) is 7.23. The predicted molar refractivity (Wildman–Crippen MR) is 83.3 cm³/mol. The second-order valence-corrected chi connectivity index (χ2v) is 5.49. The third kappa shape index (κ3) is 3.03. The van der Waals surface area contributed by atoms with Crippen LogP contribution in [-0.2, 0) is 0 Å². The van der Waals surface area contributed by atoms with Crippen molar-refractivity contribution in [3.05, 3.63) is 64.4 Å². The molecule has 3 rings (SSSR count). The molecular weight excluding hydrogens is 324 g/mol. The van der Waals surface area contributed by atoms with E-state index in [0.29, 0.717) is 5.82 Å². The lowest BCUT2D eigenvalue weighted by Gasteiger charge is -2.12. The van der Waals surface area contributed by atoms with Gasteiger partial charge in [-0.2, -0.15) is 0 Å². The Morgan fingerprint density at radius 1 is 1.26 bits per heavy atom. The van der Waals surface area contributed by atoms with E-state index >= 15 is 0 Å². The molecule has 0 aliphatic rings. The average Bonchev–Trinajstić information content (AvgIpc) is 2.95. The monoisotopic (exact) mass is 335 g/mol. The summed E-state index contributed by atoms with van der Waals surface area (Å²) in [5.74, 6) is -2.28. The highest BCUT2D eigenvalue weighted by molar-refractivity contribution is 6.33. The molecule has 1 atom stereocenters. The SMILES string of the molecule is C[C@@H](NC(=O)c1cc(F)c(F)cc1Cl)c1nc2ccccc2[nH]1. The van der Waals surface area contributed by atoms with E-state index in [0.717, 1.165) is 23.2 Å². The molecule has 0 saturated carbocycles. The van der Waals surface area contributed by atoms with Gasteiger partial charge in [-0.1, -0.05) is 23.7 Å². The quantitative estimate of drug-likeness (QED) is 0.711. The highest BCUT2D eigenvalue weighted by atomic mass is 35.5. The summed E-state index contributed by atoms with van der Waals surface area (Å²) in [6.07, 6.45) is 0. The Labute approximate surface area is 135 Å². The number of carbonyl (C=O) groups excluding carboxylic acids is 1. The van der Waals surface area contributed by atoms with Gasteiger partial charge >= 0.3 is 0 Å². The van der Waals surface area contributed by atoms with Crippen LogP contribution >= 0.6 is 11.6 Å². The third-order valence-corrected chi connectivity index (χ3v) is 3.73. The van der Waals surface area contributed by atoms with Gasteiger partial charge in [0.05, 0.1) is 27.7 Å². The zero-order valence-corrected chi connectivity index (χ0v) is 12.8. The van der Waals surface area contributed by atoms with Crippen LogP contribution < -0.4 is 5.32 Å². The van der Waals surface area contributed by atoms with Gasteiger partial charge in [-0.15, -0.1) is 0 Å². The Morgan fingerprint density at radius 3 is 2.70 bits per heavy atom. The molecule has 118 valence electrons. The fourth-order valence-corrected chi connectivity index (χ4v) is 2.45. The van der Waals surface area contributed by atoms with Crippen molar-refractivity contribution < 1.29 is 13.6 Å². The number of rotatable bonds is 3. The number of fused-ring (bicyclic) bond motifs is 1. The van der Waals surface area contributed by atoms with Crippen LogP contribution in [0.5, 0.6) is 0 Å². The lowest BCUT2D eigenvalue weighted by molar-refractivity contribution is 0.0938. The van der Waals surface area contributed by atoms with Crippen LogP contribution in [0.25, 0.3) is 11.0 Å². The number of halogens is 3. The van der Waals surface area contributed by atoms with Gasteiger partial charge in [0.2, 0.25) is 0 Å². The lowest BCUT2D eigenvalue weighted by atomic mass is 10.2. The minimum Gasteiger partial charge on any atom is -0.342 e. The van der Waals surface area contributed by atoms with E-state index < -0.39 is 23.6 Å². The second kappa shape index (κ2) is 5.96. The molecular formula is C16H12ClF2N3O. The molecule has 3 aromatic rings. The van der Waals surface area contributed by atoms with Crippen LogP contribution in [0.2, 0.25) is 5.02 Å². The summed E-state index contributed by atoms with van der Waals surface area (Å²) in [6, 6.07) is 8.53. The molecule has 1 amide bonds. The molecule has 0 aliphatic heterocycles. The van der Waals surface area contributed by atoms with Gasteiger partial charge < -0.3 is 10.3 Å². The van der Waals surface area contributed by atoms with Crippen molar-refractivity contribution in [3.63, 3.8) is 0 Å². The zero-order valence-electron chi connectivity index (χ0n) is 12.0. The van der Waals surface area contributed by atoms with Crippen LogP contribution in [0.1, 0.15) is 29.1 Å². The van der Waals surface area contributed by atoms with E-state index in [9.17, 15) is 13.6 Å². The van der Waals surface area contributed by atoms with Crippen molar-refractivity contribution in [2.24, 2.45) is 0 Å². The number of hydrogen-bond donors (Lipinski definition) is 2. The largest absolute Gasteiger partial charge is 0.342 e. The second-order valence-electron chi connectivity index (χ2n) is 5.08. The lowest BCUT2D eigenvalue weighted by Crippen LogP contribution is -2.27. The van der Waals surface area contributed by atoms with Gasteiger partial charge in [0, 0.05) is 0 Å². The molecule has 0 unspecified atom stereocenters. The number of nitrogens with zero attached hydrogens (tertiary/aromatic N) is 1. The molecule has 0 spiro atoms. The van der Waals surface area contributed by atoms with Crippen LogP contribution in [0, 0.1) is 11.6 Å². The first kappa shape index (κ1) is 15.4. The normalized spacial score (nSPS) is 12.3. The van der Waals surface area contributed by atoms with E-state index in [1.165, 1.54) is 0 Å². The molecule has 0 aliphatic carbocycles. The first-order chi connectivity index (χ1) is 11.0. The fraction of sp³-hybridized carbons (Fsp3) is 0.125. The number of H-pyrrole nitrogens is 1. The summed E-state index contributed by atoms with van der Waals surface area (Å²) < 4.78 is 26.3. The van der Waals surface area contributed by atoms with Crippen LogP contribution in [0.4, 0.5) is 8.78 Å². The van der Waals surface area contributed by atoms with Gasteiger partial charge in [0.15, 0.2) is 11.6 Å². The Bertz CT molecular complexity index is 861. The third-order valence-electron chi connectivity index (χ3n) is 3.42. The van der Waals surface area contributed by atoms with Gasteiger partial charge in [-0.3, -0.25) is 4.79 Å². The average molecular weight is 336 g/mol. The number of aromatic nitrogens is 2. The molecule has 0 radical (unpaired) electrons. The summed E-state index contributed by atoms with van der Waals surface area (Å²) in [7, 11) is 0. The number of carbonyl (C=O) groups is 1. The highest BCUT2D eigenvalue weighted by Crippen LogP contribution is 2.21. The fourth-order valence-electron chi connectivity index (χ4n) is 2.22. The van der Waals surface area contributed by atoms with E-state index in [4.69, 9.17) is 11.6 Å². The molecule has 7 heteroatoms. The Kier molecular flexibility index (Phi) is 4.00. The van der Waals surface area contributed by atoms with Gasteiger partial charge in [-0.25, -0.2) is 13.8 Å². The number of para-hydroxylation sites is 2. The van der Waals surface area contributed by atoms with Crippen molar-refractivity contribution in [1.82, 2.24) is 15.3 Å². The Morgan fingerprint density at radius 2 is 1.96 bits per heavy atom. The molecule has 1 aromatic heterocycles. The van der Waals surface area contributed by atoms with Crippen molar-refractivity contribution in [3.8, 4) is 0 Å². The number of aromatic amines is 1. The maximum Gasteiger partial charge on any atom is 0.253 e. The summed E-state index contributed by atoms with van der Waals surface area (Å²) >= 11 is 5.80. The van der Waals surface area contributed by atoms with Crippen LogP contribution in [-0.4, -0.2) is 15.9 Å². The number of imidazole rings is 1. The number of benzene rings is 2. The minimum absolute atomic E-state index is 0.131. The summed E-state index contributed by atoms with van der Waals surface area (Å²) in [5.41, 5.74) is 1.48. The minimum atomic E-state index is -1.13. The molecule has 1 heterocycles. The molecule has 0 fully saturated rings. The summed E-state index contributed by atoms with van der Waals surface area (Å²) in [4.78, 5) is 19.7. The predicted octanol–water partition coefficient (Wildman–Crippen LogP) is 3.99. The van der Waals surface area contributed by atoms with E-state index in [1.54, 1.807) is 6.92 Å². The molecule has 0 bridgehead atoms. The maximum absolute atomic E-state index is 13.3. The van der Waals surface area contributed by atoms with E-state index in [1.807, 2.05) is 24.3 Å².